The Morgan fingerprint density at radius 2 is 1.52 bits per heavy atom. The third kappa shape index (κ3) is 3.48. The van der Waals surface area contributed by atoms with Crippen LogP contribution in [0.5, 0.6) is 0 Å². The van der Waals surface area contributed by atoms with Crippen LogP contribution in [0.3, 0.4) is 0 Å². The van der Waals surface area contributed by atoms with E-state index in [1.54, 1.807) is 0 Å². The van der Waals surface area contributed by atoms with Crippen LogP contribution in [0.1, 0.15) is 60.3 Å². The van der Waals surface area contributed by atoms with E-state index in [0.717, 1.165) is 6.42 Å². The first-order valence-electron chi connectivity index (χ1n) is 9.84. The molecule has 0 aromatic heterocycles. The summed E-state index contributed by atoms with van der Waals surface area (Å²) in [5, 5.41) is 5.87. The molecule has 2 aromatic rings. The number of carbonyl (C=O) groups excluding carboxylic acids is 2. The van der Waals surface area contributed by atoms with Crippen molar-refractivity contribution in [3.63, 3.8) is 0 Å². The van der Waals surface area contributed by atoms with Crippen LogP contribution in [0.4, 0.5) is 0 Å². The highest BCUT2D eigenvalue weighted by Crippen LogP contribution is 2.55. The first-order valence-corrected chi connectivity index (χ1v) is 9.84. The molecule has 3 aliphatic rings. The van der Waals surface area contributed by atoms with Gasteiger partial charge in [-0.1, -0.05) is 48.5 Å². The van der Waals surface area contributed by atoms with Gasteiger partial charge in [-0.15, -0.1) is 0 Å². The Bertz CT molecular complexity index is 813. The Labute approximate surface area is 160 Å². The largest absolute Gasteiger partial charge is 0.356 e. The van der Waals surface area contributed by atoms with Crippen LogP contribution < -0.4 is 10.6 Å². The summed E-state index contributed by atoms with van der Waals surface area (Å²) in [5.74, 6) is 1.25. The number of hydrogen-bond acceptors (Lipinski definition) is 2. The van der Waals surface area contributed by atoms with E-state index in [2.05, 4.69) is 59.2 Å². The zero-order valence-electron chi connectivity index (χ0n) is 15.7. The van der Waals surface area contributed by atoms with Gasteiger partial charge in [0.15, 0.2) is 0 Å². The second-order valence-corrected chi connectivity index (χ2v) is 7.67. The van der Waals surface area contributed by atoms with Crippen LogP contribution in [0, 0.1) is 5.92 Å². The molecule has 0 radical (unpaired) electrons. The minimum Gasteiger partial charge on any atom is -0.356 e. The zero-order valence-corrected chi connectivity index (χ0v) is 15.7. The molecule has 0 aliphatic heterocycles. The van der Waals surface area contributed by atoms with Crippen molar-refractivity contribution in [1.82, 2.24) is 10.6 Å². The number of carbonyl (C=O) groups is 2. The lowest BCUT2D eigenvalue weighted by Crippen LogP contribution is -2.39. The van der Waals surface area contributed by atoms with E-state index in [4.69, 9.17) is 0 Å². The number of amides is 2. The zero-order chi connectivity index (χ0) is 18.8. The standard InChI is InChI=1S/C23H26N2O2/c1-15(26)24-12-6-11-22(27)25-14-16-13-21-17-7-2-4-9-19(17)23(16)20-10-5-3-8-18(20)21/h2-5,7-10,16,21,23H,6,11-14H2,1H3,(H,24,26)(H,25,27). The van der Waals surface area contributed by atoms with Gasteiger partial charge in [0.2, 0.25) is 11.8 Å². The van der Waals surface area contributed by atoms with Gasteiger partial charge in [0.1, 0.15) is 0 Å². The molecule has 4 nitrogen and oxygen atoms in total. The molecule has 2 N–H and O–H groups in total. The number of benzene rings is 2. The van der Waals surface area contributed by atoms with Crippen molar-refractivity contribution in [3.05, 3.63) is 70.8 Å². The molecule has 3 aliphatic carbocycles. The summed E-state index contributed by atoms with van der Waals surface area (Å²) in [7, 11) is 0. The van der Waals surface area contributed by atoms with Gasteiger partial charge in [-0.25, -0.2) is 0 Å². The van der Waals surface area contributed by atoms with Crippen molar-refractivity contribution in [3.8, 4) is 0 Å². The van der Waals surface area contributed by atoms with Gasteiger partial charge in [0, 0.05) is 38.3 Å². The predicted octanol–water partition coefficient (Wildman–Crippen LogP) is 3.32. The molecule has 27 heavy (non-hydrogen) atoms. The molecule has 0 spiro atoms. The maximum absolute atomic E-state index is 12.2. The van der Waals surface area contributed by atoms with Gasteiger partial charge >= 0.3 is 0 Å². The molecule has 0 saturated heterocycles. The van der Waals surface area contributed by atoms with Crippen LogP contribution >= 0.6 is 0 Å². The van der Waals surface area contributed by atoms with E-state index in [-0.39, 0.29) is 11.8 Å². The van der Waals surface area contributed by atoms with Gasteiger partial charge in [-0.05, 0) is 41.0 Å². The first-order chi connectivity index (χ1) is 13.1. The number of nitrogens with one attached hydrogen (secondary N) is 2. The van der Waals surface area contributed by atoms with E-state index in [9.17, 15) is 9.59 Å². The van der Waals surface area contributed by atoms with Crippen molar-refractivity contribution < 1.29 is 9.59 Å². The number of fused-ring (bicyclic) bond motifs is 1. The van der Waals surface area contributed by atoms with E-state index in [1.165, 1.54) is 29.2 Å². The quantitative estimate of drug-likeness (QED) is 0.775. The second-order valence-electron chi connectivity index (χ2n) is 7.67. The van der Waals surface area contributed by atoms with Crippen LogP contribution in [0.15, 0.2) is 48.5 Å². The summed E-state index contributed by atoms with van der Waals surface area (Å²) in [6.45, 7) is 2.76. The minimum atomic E-state index is -0.0500. The molecule has 2 bridgehead atoms. The van der Waals surface area contributed by atoms with E-state index in [1.807, 2.05) is 0 Å². The summed E-state index contributed by atoms with van der Waals surface area (Å²) in [6, 6.07) is 17.6. The fourth-order valence-corrected chi connectivity index (χ4v) is 4.81. The molecule has 0 heterocycles. The van der Waals surface area contributed by atoms with E-state index >= 15 is 0 Å². The molecule has 5 rings (SSSR count). The minimum absolute atomic E-state index is 0.0500. The van der Waals surface area contributed by atoms with E-state index < -0.39 is 0 Å². The lowest BCUT2D eigenvalue weighted by molar-refractivity contribution is -0.122. The van der Waals surface area contributed by atoms with Gasteiger partial charge < -0.3 is 10.6 Å². The third-order valence-electron chi connectivity index (χ3n) is 5.94. The molecule has 0 fully saturated rings. The smallest absolute Gasteiger partial charge is 0.220 e. The molecule has 1 atom stereocenters. The predicted molar refractivity (Wildman–Crippen MR) is 106 cm³/mol. The van der Waals surface area contributed by atoms with Crippen molar-refractivity contribution >= 4 is 11.8 Å². The maximum Gasteiger partial charge on any atom is 0.220 e. The maximum atomic E-state index is 12.2. The molecular formula is C23H26N2O2. The van der Waals surface area contributed by atoms with Gasteiger partial charge in [-0.3, -0.25) is 9.59 Å². The Hall–Kier alpha value is -2.62. The molecule has 4 heteroatoms. The molecule has 0 saturated carbocycles. The fourth-order valence-electron chi connectivity index (χ4n) is 4.81. The Balaban J connectivity index is 1.44. The Morgan fingerprint density at radius 1 is 0.926 bits per heavy atom. The highest BCUT2D eigenvalue weighted by molar-refractivity contribution is 5.76. The van der Waals surface area contributed by atoms with Crippen LogP contribution in [-0.2, 0) is 9.59 Å². The number of hydrogen-bond donors (Lipinski definition) is 2. The molecule has 2 aromatic carbocycles. The Kier molecular flexibility index (Phi) is 4.97. The summed E-state index contributed by atoms with van der Waals surface area (Å²) >= 11 is 0. The van der Waals surface area contributed by atoms with Crippen molar-refractivity contribution in [2.45, 2.75) is 38.0 Å². The topological polar surface area (TPSA) is 58.2 Å². The highest BCUT2D eigenvalue weighted by Gasteiger charge is 2.42. The van der Waals surface area contributed by atoms with Crippen LogP contribution in [-0.4, -0.2) is 24.9 Å². The monoisotopic (exact) mass is 362 g/mol. The summed E-state index contributed by atoms with van der Waals surface area (Å²) < 4.78 is 0. The average Bonchev–Trinajstić information content (AvgIpc) is 2.69. The SMILES string of the molecule is CC(=O)NCCCC(=O)NCC1CC2c3ccccc3C1c1ccccc12. The van der Waals surface area contributed by atoms with Crippen LogP contribution in [0.2, 0.25) is 0 Å². The lowest BCUT2D eigenvalue weighted by Gasteiger charge is -2.45. The van der Waals surface area contributed by atoms with Crippen molar-refractivity contribution in [1.29, 1.82) is 0 Å². The fraction of sp³-hybridized carbons (Fsp3) is 0.391. The normalized spacial score (nSPS) is 21.9. The molecular weight excluding hydrogens is 336 g/mol. The van der Waals surface area contributed by atoms with Gasteiger partial charge in [-0.2, -0.15) is 0 Å². The van der Waals surface area contributed by atoms with Crippen molar-refractivity contribution in [2.75, 3.05) is 13.1 Å². The second kappa shape index (κ2) is 7.55. The lowest BCUT2D eigenvalue weighted by atomic mass is 9.59. The van der Waals surface area contributed by atoms with Gasteiger partial charge in [0.25, 0.3) is 0 Å². The molecule has 2 amide bonds. The average molecular weight is 362 g/mol. The summed E-state index contributed by atoms with van der Waals surface area (Å²) in [4.78, 5) is 23.1. The first kappa shape index (κ1) is 17.8. The Morgan fingerprint density at radius 3 is 2.11 bits per heavy atom. The summed E-state index contributed by atoms with van der Waals surface area (Å²) in [6.07, 6.45) is 2.22. The van der Waals surface area contributed by atoms with Crippen LogP contribution in [0.25, 0.3) is 0 Å². The van der Waals surface area contributed by atoms with Gasteiger partial charge in [0.05, 0.1) is 0 Å². The summed E-state index contributed by atoms with van der Waals surface area (Å²) in [5.41, 5.74) is 5.77. The molecule has 1 unspecified atom stereocenters. The molecule has 140 valence electrons. The number of rotatable bonds is 6. The third-order valence-corrected chi connectivity index (χ3v) is 5.94. The van der Waals surface area contributed by atoms with E-state index in [0.29, 0.717) is 43.7 Å². The highest BCUT2D eigenvalue weighted by atomic mass is 16.2. The van der Waals surface area contributed by atoms with Crippen molar-refractivity contribution in [2.24, 2.45) is 5.92 Å².